The lowest BCUT2D eigenvalue weighted by Crippen LogP contribution is -2.51. The Labute approximate surface area is 246 Å². The Kier molecular flexibility index (Phi) is 9.83. The second-order valence-electron chi connectivity index (χ2n) is 10.5. The third-order valence-electron chi connectivity index (χ3n) is 6.89. The van der Waals surface area contributed by atoms with Crippen LogP contribution in [0.5, 0.6) is 0 Å². The molecule has 1 N–H and O–H groups in total. The van der Waals surface area contributed by atoms with E-state index >= 15 is 0 Å². The van der Waals surface area contributed by atoms with Crippen LogP contribution in [0.1, 0.15) is 48.2 Å². The van der Waals surface area contributed by atoms with Gasteiger partial charge in [-0.15, -0.1) is 0 Å². The number of hydrogen-bond acceptors (Lipinski definition) is 5. The van der Waals surface area contributed by atoms with E-state index in [1.54, 1.807) is 41.3 Å². The van der Waals surface area contributed by atoms with Gasteiger partial charge in [0.05, 0.1) is 5.56 Å². The summed E-state index contributed by atoms with van der Waals surface area (Å²) in [5.74, 6) is -0.957. The van der Waals surface area contributed by atoms with Gasteiger partial charge < -0.3 is 10.2 Å². The van der Waals surface area contributed by atoms with Gasteiger partial charge in [-0.25, -0.2) is 12.7 Å². The second-order valence-corrected chi connectivity index (χ2v) is 12.7. The smallest absolute Gasteiger partial charge is 0.269 e. The van der Waals surface area contributed by atoms with Crippen LogP contribution in [0.4, 0.5) is 0 Å². The van der Waals surface area contributed by atoms with Crippen molar-refractivity contribution in [2.45, 2.75) is 50.6 Å². The molecule has 1 heterocycles. The van der Waals surface area contributed by atoms with Crippen LogP contribution in [0, 0.1) is 5.92 Å². The molecule has 0 bridgehead atoms. The normalized spacial score (nSPS) is 14.5. The van der Waals surface area contributed by atoms with Crippen LogP contribution >= 0.6 is 11.6 Å². The average molecular weight is 596 g/mol. The van der Waals surface area contributed by atoms with Crippen LogP contribution in [0.15, 0.2) is 83.8 Å². The molecule has 3 aromatic rings. The molecular formula is C31H34ClN3O5S. The first-order chi connectivity index (χ1) is 19.6. The lowest BCUT2D eigenvalue weighted by atomic mass is 10.0. The number of hydrogen-bond donors (Lipinski definition) is 1. The topological polar surface area (TPSA) is 104 Å². The Morgan fingerprint density at radius 3 is 2.24 bits per heavy atom. The number of amides is 3. The molecule has 3 aromatic carbocycles. The number of carbonyl (C=O) groups excluding carboxylic acids is 3. The van der Waals surface area contributed by atoms with E-state index in [4.69, 9.17) is 11.6 Å². The molecule has 0 aliphatic carbocycles. The van der Waals surface area contributed by atoms with Crippen molar-refractivity contribution in [3.8, 4) is 0 Å². The maximum atomic E-state index is 13.8. The number of sulfonamides is 1. The highest BCUT2D eigenvalue weighted by atomic mass is 35.5. The lowest BCUT2D eigenvalue weighted by Gasteiger charge is -2.32. The molecule has 0 fully saturated rings. The van der Waals surface area contributed by atoms with Gasteiger partial charge in [-0.05, 0) is 47.7 Å². The Morgan fingerprint density at radius 1 is 0.927 bits per heavy atom. The Morgan fingerprint density at radius 2 is 1.59 bits per heavy atom. The fraction of sp³-hybridized carbons (Fsp3) is 0.323. The van der Waals surface area contributed by atoms with Crippen LogP contribution in [0.25, 0.3) is 0 Å². The molecule has 3 amide bonds. The van der Waals surface area contributed by atoms with Crippen LogP contribution in [0.3, 0.4) is 0 Å². The largest absolute Gasteiger partial charge is 0.354 e. The standard InChI is InChI=1S/C31H34ClN3O5S/c1-22(2)20-33-30(37)27(19-23-9-4-3-5-10-23)34(21-24-14-16-25(32)17-15-24)29(36)13-8-18-35-31(38)26-11-6-7-12-28(26)41(35,39)40/h3-7,9-12,14-17,22,27H,8,13,18-21H2,1-2H3,(H,33,37). The number of nitrogens with one attached hydrogen (secondary N) is 1. The van der Waals surface area contributed by atoms with Gasteiger partial charge in [0.2, 0.25) is 11.8 Å². The molecule has 41 heavy (non-hydrogen) atoms. The fourth-order valence-electron chi connectivity index (χ4n) is 4.73. The van der Waals surface area contributed by atoms with E-state index in [1.807, 2.05) is 44.2 Å². The Bertz CT molecular complexity index is 1490. The minimum Gasteiger partial charge on any atom is -0.354 e. The molecule has 0 radical (unpaired) electrons. The predicted molar refractivity (Wildman–Crippen MR) is 158 cm³/mol. The summed E-state index contributed by atoms with van der Waals surface area (Å²) in [7, 11) is -3.97. The monoisotopic (exact) mass is 595 g/mol. The summed E-state index contributed by atoms with van der Waals surface area (Å²) in [5.41, 5.74) is 1.83. The van der Waals surface area contributed by atoms with E-state index in [9.17, 15) is 22.8 Å². The van der Waals surface area contributed by atoms with Crippen LogP contribution in [-0.2, 0) is 32.6 Å². The van der Waals surface area contributed by atoms with Crippen molar-refractivity contribution in [3.05, 3.63) is 101 Å². The van der Waals surface area contributed by atoms with E-state index in [0.717, 1.165) is 15.4 Å². The zero-order chi connectivity index (χ0) is 29.6. The van der Waals surface area contributed by atoms with Crippen molar-refractivity contribution >= 4 is 39.3 Å². The SMILES string of the molecule is CC(C)CNC(=O)C(Cc1ccccc1)N(Cc1ccc(Cl)cc1)C(=O)CCCN1C(=O)c2ccccc2S1(=O)=O. The summed E-state index contributed by atoms with van der Waals surface area (Å²) >= 11 is 6.08. The van der Waals surface area contributed by atoms with Gasteiger partial charge >= 0.3 is 0 Å². The second kappa shape index (κ2) is 13.3. The van der Waals surface area contributed by atoms with E-state index in [0.29, 0.717) is 18.0 Å². The van der Waals surface area contributed by atoms with Gasteiger partial charge in [-0.1, -0.05) is 80.0 Å². The minimum atomic E-state index is -3.97. The third-order valence-corrected chi connectivity index (χ3v) is 8.98. The van der Waals surface area contributed by atoms with Crippen molar-refractivity contribution < 1.29 is 22.8 Å². The summed E-state index contributed by atoms with van der Waals surface area (Å²) in [4.78, 5) is 41.6. The molecule has 8 nitrogen and oxygen atoms in total. The first-order valence-corrected chi connectivity index (χ1v) is 15.4. The molecule has 1 aliphatic heterocycles. The molecule has 0 saturated carbocycles. The van der Waals surface area contributed by atoms with Crippen molar-refractivity contribution in [1.29, 1.82) is 0 Å². The fourth-order valence-corrected chi connectivity index (χ4v) is 6.47. The molecule has 1 unspecified atom stereocenters. The summed E-state index contributed by atoms with van der Waals surface area (Å²) in [6, 6.07) is 21.8. The number of nitrogens with zero attached hydrogens (tertiary/aromatic N) is 2. The van der Waals surface area contributed by atoms with Crippen LogP contribution < -0.4 is 5.32 Å². The number of rotatable bonds is 12. The molecule has 1 atom stereocenters. The van der Waals surface area contributed by atoms with Gasteiger partial charge in [0.15, 0.2) is 0 Å². The zero-order valence-electron chi connectivity index (χ0n) is 23.1. The van der Waals surface area contributed by atoms with Crippen molar-refractivity contribution in [1.82, 2.24) is 14.5 Å². The molecule has 0 spiro atoms. The van der Waals surface area contributed by atoms with E-state index < -0.39 is 22.0 Å². The minimum absolute atomic E-state index is 0.0227. The Hall–Kier alpha value is -3.69. The number of halogens is 1. The van der Waals surface area contributed by atoms with Gasteiger partial charge in [0.25, 0.3) is 15.9 Å². The first-order valence-electron chi connectivity index (χ1n) is 13.6. The van der Waals surface area contributed by atoms with Crippen molar-refractivity contribution in [2.75, 3.05) is 13.1 Å². The van der Waals surface area contributed by atoms with Crippen molar-refractivity contribution in [2.24, 2.45) is 5.92 Å². The highest BCUT2D eigenvalue weighted by Crippen LogP contribution is 2.30. The summed E-state index contributed by atoms with van der Waals surface area (Å²) in [5, 5.41) is 3.53. The van der Waals surface area contributed by atoms with Gasteiger partial charge in [0.1, 0.15) is 10.9 Å². The van der Waals surface area contributed by atoms with Crippen LogP contribution in [0.2, 0.25) is 5.02 Å². The summed E-state index contributed by atoms with van der Waals surface area (Å²) < 4.78 is 26.7. The van der Waals surface area contributed by atoms with E-state index in [-0.39, 0.29) is 54.1 Å². The highest BCUT2D eigenvalue weighted by molar-refractivity contribution is 7.90. The quantitative estimate of drug-likeness (QED) is 0.327. The lowest BCUT2D eigenvalue weighted by molar-refractivity contribution is -0.141. The number of fused-ring (bicyclic) bond motifs is 1. The van der Waals surface area contributed by atoms with Gasteiger partial charge in [-0.2, -0.15) is 0 Å². The Balaban J connectivity index is 1.56. The summed E-state index contributed by atoms with van der Waals surface area (Å²) in [6.45, 7) is 4.47. The highest BCUT2D eigenvalue weighted by Gasteiger charge is 2.40. The molecule has 0 saturated heterocycles. The van der Waals surface area contributed by atoms with Crippen molar-refractivity contribution in [3.63, 3.8) is 0 Å². The molecule has 0 aromatic heterocycles. The third kappa shape index (κ3) is 7.34. The molecule has 4 rings (SSSR count). The molecule has 10 heteroatoms. The maximum Gasteiger partial charge on any atom is 0.269 e. The first kappa shape index (κ1) is 30.3. The van der Waals surface area contributed by atoms with E-state index in [2.05, 4.69) is 5.32 Å². The van der Waals surface area contributed by atoms with E-state index in [1.165, 1.54) is 12.1 Å². The average Bonchev–Trinajstić information content (AvgIpc) is 3.15. The number of benzene rings is 3. The van der Waals surface area contributed by atoms with Gasteiger partial charge in [0, 0.05) is 37.5 Å². The van der Waals surface area contributed by atoms with Gasteiger partial charge in [-0.3, -0.25) is 14.4 Å². The predicted octanol–water partition coefficient (Wildman–Crippen LogP) is 4.68. The van der Waals surface area contributed by atoms with Crippen LogP contribution in [-0.4, -0.2) is 54.5 Å². The maximum absolute atomic E-state index is 13.8. The molecular weight excluding hydrogens is 562 g/mol. The zero-order valence-corrected chi connectivity index (χ0v) is 24.7. The number of carbonyl (C=O) groups is 3. The molecule has 1 aliphatic rings. The summed E-state index contributed by atoms with van der Waals surface area (Å²) in [6.07, 6.45) is 0.366. The molecule has 216 valence electrons.